The SMILES string of the molecule is COc1cc(C(=O)N(C)c2ccc(C)cc2OCCCCCC(=O)N2CCN(C)CC2)ccc1COc1ccccc1OCCCN.Cl.Cl. The van der Waals surface area contributed by atoms with E-state index >= 15 is 0 Å². The smallest absolute Gasteiger partial charge is 0.258 e. The summed E-state index contributed by atoms with van der Waals surface area (Å²) in [7, 11) is 5.41. The maximum absolute atomic E-state index is 13.7. The number of piperazine rings is 1. The van der Waals surface area contributed by atoms with Crippen molar-refractivity contribution in [1.29, 1.82) is 0 Å². The Morgan fingerprint density at radius 3 is 2.16 bits per heavy atom. The Morgan fingerprint density at radius 1 is 0.796 bits per heavy atom. The molecule has 1 aliphatic rings. The van der Waals surface area contributed by atoms with Crippen molar-refractivity contribution in [2.24, 2.45) is 5.73 Å². The molecule has 0 radical (unpaired) electrons. The minimum Gasteiger partial charge on any atom is -0.496 e. The van der Waals surface area contributed by atoms with Crippen LogP contribution in [-0.2, 0) is 11.4 Å². The fourth-order valence-corrected chi connectivity index (χ4v) is 5.37. The van der Waals surface area contributed by atoms with E-state index in [-0.39, 0.29) is 43.2 Å². The van der Waals surface area contributed by atoms with Gasteiger partial charge in [0.15, 0.2) is 11.5 Å². The van der Waals surface area contributed by atoms with Crippen LogP contribution in [0.4, 0.5) is 5.69 Å². The van der Waals surface area contributed by atoms with Crippen molar-refractivity contribution in [2.45, 2.75) is 45.6 Å². The van der Waals surface area contributed by atoms with Crippen LogP contribution in [0.15, 0.2) is 60.7 Å². The summed E-state index contributed by atoms with van der Waals surface area (Å²) in [5, 5.41) is 0. The number of hydrogen-bond acceptors (Lipinski definition) is 8. The van der Waals surface area contributed by atoms with E-state index in [1.807, 2.05) is 60.4 Å². The van der Waals surface area contributed by atoms with Gasteiger partial charge in [-0.2, -0.15) is 0 Å². The second-order valence-electron chi connectivity index (χ2n) is 11.9. The lowest BCUT2D eigenvalue weighted by molar-refractivity contribution is -0.132. The zero-order valence-electron chi connectivity index (χ0n) is 29.2. The first-order valence-corrected chi connectivity index (χ1v) is 16.5. The highest BCUT2D eigenvalue weighted by Crippen LogP contribution is 2.32. The Balaban J connectivity index is 0.00000417. The second-order valence-corrected chi connectivity index (χ2v) is 11.9. The van der Waals surface area contributed by atoms with Gasteiger partial charge in [-0.05, 0) is 88.2 Å². The Morgan fingerprint density at radius 2 is 1.47 bits per heavy atom. The lowest BCUT2D eigenvalue weighted by Gasteiger charge is -2.32. The molecule has 1 aliphatic heterocycles. The first-order chi connectivity index (χ1) is 22.8. The zero-order chi connectivity index (χ0) is 33.6. The molecule has 1 heterocycles. The van der Waals surface area contributed by atoms with Crippen LogP contribution in [0, 0.1) is 6.92 Å². The van der Waals surface area contributed by atoms with Gasteiger partial charge in [-0.25, -0.2) is 0 Å². The number of carbonyl (C=O) groups is 2. The summed E-state index contributed by atoms with van der Waals surface area (Å²) >= 11 is 0. The van der Waals surface area contributed by atoms with Crippen LogP contribution < -0.4 is 29.6 Å². The number of hydrogen-bond donors (Lipinski definition) is 1. The van der Waals surface area contributed by atoms with Gasteiger partial charge in [0.05, 0.1) is 26.0 Å². The van der Waals surface area contributed by atoms with Crippen LogP contribution >= 0.6 is 24.8 Å². The van der Waals surface area contributed by atoms with Crippen LogP contribution in [0.5, 0.6) is 23.0 Å². The number of methoxy groups -OCH3 is 1. The van der Waals surface area contributed by atoms with Gasteiger partial charge in [-0.3, -0.25) is 9.59 Å². The first-order valence-electron chi connectivity index (χ1n) is 16.5. The molecule has 0 aromatic heterocycles. The van der Waals surface area contributed by atoms with Crippen LogP contribution in [0.2, 0.25) is 0 Å². The highest BCUT2D eigenvalue weighted by atomic mass is 35.5. The van der Waals surface area contributed by atoms with E-state index in [2.05, 4.69) is 11.9 Å². The Bertz CT molecular complexity index is 1470. The van der Waals surface area contributed by atoms with Crippen molar-refractivity contribution < 1.29 is 28.5 Å². The summed E-state index contributed by atoms with van der Waals surface area (Å²) in [4.78, 5) is 32.0. The molecule has 1 fully saturated rings. The average molecular weight is 720 g/mol. The zero-order valence-corrected chi connectivity index (χ0v) is 30.8. The van der Waals surface area contributed by atoms with Gasteiger partial charge in [0.1, 0.15) is 18.1 Å². The van der Waals surface area contributed by atoms with E-state index in [1.54, 1.807) is 31.2 Å². The molecule has 3 aromatic carbocycles. The van der Waals surface area contributed by atoms with Crippen LogP contribution in [0.25, 0.3) is 0 Å². The number of anilines is 1. The number of nitrogens with zero attached hydrogens (tertiary/aromatic N) is 3. The third-order valence-electron chi connectivity index (χ3n) is 8.30. The van der Waals surface area contributed by atoms with E-state index in [0.717, 1.165) is 63.0 Å². The van der Waals surface area contributed by atoms with E-state index in [0.29, 0.717) is 60.4 Å². The maximum Gasteiger partial charge on any atom is 0.258 e. The van der Waals surface area contributed by atoms with Gasteiger partial charge in [-0.15, -0.1) is 24.8 Å². The van der Waals surface area contributed by atoms with Gasteiger partial charge < -0.3 is 39.4 Å². The van der Waals surface area contributed by atoms with Crippen molar-refractivity contribution in [3.8, 4) is 23.0 Å². The predicted octanol–water partition coefficient (Wildman–Crippen LogP) is 6.14. The third-order valence-corrected chi connectivity index (χ3v) is 8.30. The van der Waals surface area contributed by atoms with Crippen LogP contribution in [-0.4, -0.2) is 88.8 Å². The van der Waals surface area contributed by atoms with E-state index < -0.39 is 0 Å². The molecule has 2 N–H and O–H groups in total. The molecule has 270 valence electrons. The van der Waals surface area contributed by atoms with E-state index in [1.165, 1.54) is 0 Å². The van der Waals surface area contributed by atoms with Gasteiger partial charge in [0, 0.05) is 50.8 Å². The molecule has 0 bridgehead atoms. The summed E-state index contributed by atoms with van der Waals surface area (Å²) in [6, 6.07) is 18.7. The number of ether oxygens (including phenoxy) is 4. The predicted molar refractivity (Wildman–Crippen MR) is 199 cm³/mol. The van der Waals surface area contributed by atoms with Crippen LogP contribution in [0.1, 0.15) is 53.6 Å². The quantitative estimate of drug-likeness (QED) is 0.166. The number of rotatable bonds is 17. The van der Waals surface area contributed by atoms with Crippen molar-refractivity contribution in [3.05, 3.63) is 77.4 Å². The summed E-state index contributed by atoms with van der Waals surface area (Å²) in [6.07, 6.45) is 3.89. The number of aryl methyl sites for hydroxylation is 1. The van der Waals surface area contributed by atoms with Crippen LogP contribution in [0.3, 0.4) is 0 Å². The number of para-hydroxylation sites is 2. The molecule has 0 unspecified atom stereocenters. The normalized spacial score (nSPS) is 12.7. The Labute approximate surface area is 303 Å². The number of benzene rings is 3. The number of unbranched alkanes of at least 4 members (excludes halogenated alkanes) is 2. The number of nitrogens with two attached hydrogens (primary N) is 1. The summed E-state index contributed by atoms with van der Waals surface area (Å²) in [5.74, 6) is 2.53. The number of likely N-dealkylation sites (N-methyl/N-ethyl adjacent to an activating group) is 1. The molecular weight excluding hydrogens is 667 g/mol. The van der Waals surface area contributed by atoms with Crippen molar-refractivity contribution in [2.75, 3.05) is 72.0 Å². The van der Waals surface area contributed by atoms with Gasteiger partial charge in [-0.1, -0.05) is 24.3 Å². The van der Waals surface area contributed by atoms with Gasteiger partial charge >= 0.3 is 0 Å². The standard InChI is InChI=1S/C37H50N4O6.2ClH/c1-28-14-17-31(35(25-28)46-23-9-5-6-13-36(42)41-21-19-39(2)20-22-41)40(3)37(43)29-15-16-30(34(26-29)44-4)27-47-33-12-8-7-11-32(33)45-24-10-18-38;;/h7-8,11-12,14-17,25-26H,5-6,9-10,13,18-24,27,38H2,1-4H3;2*1H. The topological polar surface area (TPSA) is 107 Å². The molecule has 10 nitrogen and oxygen atoms in total. The highest BCUT2D eigenvalue weighted by molar-refractivity contribution is 6.06. The molecule has 2 amide bonds. The summed E-state index contributed by atoms with van der Waals surface area (Å²) < 4.78 is 23.7. The van der Waals surface area contributed by atoms with Crippen molar-refractivity contribution in [1.82, 2.24) is 9.80 Å². The lowest BCUT2D eigenvalue weighted by atomic mass is 10.1. The Hall–Kier alpha value is -3.70. The number of halogens is 2. The number of carbonyl (C=O) groups excluding carboxylic acids is 2. The lowest BCUT2D eigenvalue weighted by Crippen LogP contribution is -2.47. The minimum absolute atomic E-state index is 0. The van der Waals surface area contributed by atoms with Crippen molar-refractivity contribution in [3.63, 3.8) is 0 Å². The molecule has 4 rings (SSSR count). The summed E-state index contributed by atoms with van der Waals surface area (Å²) in [5.41, 5.74) is 8.60. The first kappa shape index (κ1) is 41.5. The number of amides is 2. The summed E-state index contributed by atoms with van der Waals surface area (Å²) in [6.45, 7) is 7.31. The second kappa shape index (κ2) is 21.4. The third kappa shape index (κ3) is 12.3. The molecule has 3 aromatic rings. The minimum atomic E-state index is -0.189. The van der Waals surface area contributed by atoms with Crippen molar-refractivity contribution >= 4 is 42.3 Å². The Kier molecular flexibility index (Phi) is 18.1. The maximum atomic E-state index is 13.7. The molecule has 12 heteroatoms. The van der Waals surface area contributed by atoms with E-state index in [4.69, 9.17) is 24.7 Å². The monoisotopic (exact) mass is 718 g/mol. The van der Waals surface area contributed by atoms with Gasteiger partial charge in [0.25, 0.3) is 5.91 Å². The highest BCUT2D eigenvalue weighted by Gasteiger charge is 2.21. The largest absolute Gasteiger partial charge is 0.496 e. The fourth-order valence-electron chi connectivity index (χ4n) is 5.37. The average Bonchev–Trinajstić information content (AvgIpc) is 3.09. The molecule has 0 spiro atoms. The molecule has 49 heavy (non-hydrogen) atoms. The molecule has 0 aliphatic carbocycles. The fraction of sp³-hybridized carbons (Fsp3) is 0.459. The molecular formula is C37H52Cl2N4O6. The molecule has 0 saturated carbocycles. The molecule has 1 saturated heterocycles. The van der Waals surface area contributed by atoms with E-state index in [9.17, 15) is 9.59 Å². The van der Waals surface area contributed by atoms with Gasteiger partial charge in [0.2, 0.25) is 5.91 Å². The molecule has 0 atom stereocenters.